The molecule has 0 spiro atoms. The highest BCUT2D eigenvalue weighted by Crippen LogP contribution is 2.20. The Morgan fingerprint density at radius 3 is 2.55 bits per heavy atom. The van der Waals surface area contributed by atoms with Gasteiger partial charge >= 0.3 is 12.1 Å². The standard InChI is InChI=1S/C15H30BN3O3/c1-11(16(5)6)18-13(20)17-10-12-8-7-9-19(12)14(21)22-15(2,3)4/h11-12H,7-10H2,1-6H3,(H2,17,18,20)/t11?,12-/m1/s1. The number of urea groups is 1. The second kappa shape index (κ2) is 7.74. The molecule has 126 valence electrons. The van der Waals surface area contributed by atoms with Gasteiger partial charge in [0.2, 0.25) is 0 Å². The van der Waals surface area contributed by atoms with E-state index in [2.05, 4.69) is 24.3 Å². The number of hydrogen-bond acceptors (Lipinski definition) is 3. The predicted octanol–water partition coefficient (Wildman–Crippen LogP) is 2.37. The molecule has 0 radical (unpaired) electrons. The Labute approximate surface area is 134 Å². The minimum atomic E-state index is -0.498. The number of likely N-dealkylation sites (tertiary alicyclic amines) is 1. The van der Waals surface area contributed by atoms with Crippen molar-refractivity contribution in [2.45, 2.75) is 71.8 Å². The summed E-state index contributed by atoms with van der Waals surface area (Å²) in [6.45, 7) is 13.2. The monoisotopic (exact) mass is 311 g/mol. The maximum atomic E-state index is 12.2. The van der Waals surface area contributed by atoms with Gasteiger partial charge in [-0.2, -0.15) is 0 Å². The second-order valence-electron chi connectivity index (χ2n) is 7.36. The maximum absolute atomic E-state index is 12.2. The molecule has 1 aliphatic rings. The van der Waals surface area contributed by atoms with Gasteiger partial charge in [0.1, 0.15) is 5.60 Å². The molecule has 1 aliphatic heterocycles. The number of nitrogens with one attached hydrogen (secondary N) is 2. The SMILES string of the molecule is CB(C)C(C)NC(=O)NC[C@H]1CCCN1C(=O)OC(C)(C)C. The van der Waals surface area contributed by atoms with Gasteiger partial charge in [0.25, 0.3) is 0 Å². The van der Waals surface area contributed by atoms with Crippen LogP contribution in [-0.4, -0.2) is 54.4 Å². The fourth-order valence-corrected chi connectivity index (χ4v) is 2.24. The Morgan fingerprint density at radius 2 is 2.00 bits per heavy atom. The van der Waals surface area contributed by atoms with E-state index in [1.807, 2.05) is 27.7 Å². The van der Waals surface area contributed by atoms with Crippen molar-refractivity contribution in [3.8, 4) is 0 Å². The summed E-state index contributed by atoms with van der Waals surface area (Å²) >= 11 is 0. The molecule has 1 unspecified atom stereocenters. The van der Waals surface area contributed by atoms with Crippen LogP contribution in [0.3, 0.4) is 0 Å². The molecule has 3 amide bonds. The van der Waals surface area contributed by atoms with Crippen LogP contribution < -0.4 is 10.6 Å². The van der Waals surface area contributed by atoms with Gasteiger partial charge in [0.15, 0.2) is 6.71 Å². The summed E-state index contributed by atoms with van der Waals surface area (Å²) in [5, 5.41) is 5.76. The van der Waals surface area contributed by atoms with Crippen LogP contribution in [0.4, 0.5) is 9.59 Å². The minimum absolute atomic E-state index is 0.00922. The zero-order valence-electron chi connectivity index (χ0n) is 14.7. The van der Waals surface area contributed by atoms with E-state index >= 15 is 0 Å². The molecule has 7 heteroatoms. The van der Waals surface area contributed by atoms with Crippen molar-refractivity contribution in [1.29, 1.82) is 0 Å². The molecule has 0 aromatic heterocycles. The van der Waals surface area contributed by atoms with Gasteiger partial charge in [-0.25, -0.2) is 9.59 Å². The smallest absolute Gasteiger partial charge is 0.410 e. The molecule has 1 saturated heterocycles. The van der Waals surface area contributed by atoms with E-state index in [-0.39, 0.29) is 24.1 Å². The molecule has 0 aliphatic carbocycles. The van der Waals surface area contributed by atoms with Gasteiger partial charge in [0.05, 0.1) is 6.04 Å². The quantitative estimate of drug-likeness (QED) is 0.783. The molecule has 22 heavy (non-hydrogen) atoms. The maximum Gasteiger partial charge on any atom is 0.410 e. The van der Waals surface area contributed by atoms with Crippen LogP contribution in [-0.2, 0) is 4.74 Å². The Morgan fingerprint density at radius 1 is 1.36 bits per heavy atom. The molecule has 0 aromatic carbocycles. The van der Waals surface area contributed by atoms with Gasteiger partial charge in [-0.1, -0.05) is 20.6 Å². The topological polar surface area (TPSA) is 70.7 Å². The van der Waals surface area contributed by atoms with E-state index < -0.39 is 5.60 Å². The van der Waals surface area contributed by atoms with E-state index in [4.69, 9.17) is 4.74 Å². The zero-order valence-corrected chi connectivity index (χ0v) is 14.7. The van der Waals surface area contributed by atoms with E-state index in [1.165, 1.54) is 0 Å². The highest BCUT2D eigenvalue weighted by atomic mass is 16.6. The first kappa shape index (κ1) is 18.7. The first-order valence-electron chi connectivity index (χ1n) is 8.14. The fourth-order valence-electron chi connectivity index (χ4n) is 2.24. The van der Waals surface area contributed by atoms with Crippen LogP contribution in [0.15, 0.2) is 0 Å². The number of rotatable bonds is 4. The average Bonchev–Trinajstić information content (AvgIpc) is 2.82. The third-order valence-corrected chi connectivity index (χ3v) is 3.86. The first-order valence-corrected chi connectivity index (χ1v) is 8.14. The second-order valence-corrected chi connectivity index (χ2v) is 7.36. The Kier molecular flexibility index (Phi) is 6.56. The number of carbonyl (C=O) groups excluding carboxylic acids is 2. The molecule has 0 aromatic rings. The van der Waals surface area contributed by atoms with Crippen molar-refractivity contribution in [1.82, 2.24) is 15.5 Å². The third-order valence-electron chi connectivity index (χ3n) is 3.86. The zero-order chi connectivity index (χ0) is 16.9. The van der Waals surface area contributed by atoms with E-state index in [0.717, 1.165) is 12.8 Å². The van der Waals surface area contributed by atoms with Gasteiger partial charge in [-0.05, 0) is 33.6 Å². The van der Waals surface area contributed by atoms with Crippen LogP contribution in [0.5, 0.6) is 0 Å². The predicted molar refractivity (Wildman–Crippen MR) is 89.4 cm³/mol. The van der Waals surface area contributed by atoms with Gasteiger partial charge in [-0.3, -0.25) is 0 Å². The molecular weight excluding hydrogens is 281 g/mol. The summed E-state index contributed by atoms with van der Waals surface area (Å²) < 4.78 is 5.41. The molecule has 1 rings (SSSR count). The van der Waals surface area contributed by atoms with Crippen molar-refractivity contribution >= 4 is 18.8 Å². The van der Waals surface area contributed by atoms with Crippen molar-refractivity contribution in [3.05, 3.63) is 0 Å². The Bertz CT molecular complexity index is 396. The summed E-state index contributed by atoms with van der Waals surface area (Å²) in [4.78, 5) is 25.7. The average molecular weight is 311 g/mol. The van der Waals surface area contributed by atoms with Gasteiger partial charge in [0, 0.05) is 19.0 Å². The highest BCUT2D eigenvalue weighted by Gasteiger charge is 2.32. The fraction of sp³-hybridized carbons (Fsp3) is 0.867. The molecular formula is C15H30BN3O3. The number of ether oxygens (including phenoxy) is 1. The lowest BCUT2D eigenvalue weighted by molar-refractivity contribution is 0.0228. The molecule has 2 atom stereocenters. The Hall–Kier alpha value is -1.40. The lowest BCUT2D eigenvalue weighted by Crippen LogP contribution is -2.50. The summed E-state index contributed by atoms with van der Waals surface area (Å²) in [5.41, 5.74) is -0.498. The molecule has 1 fully saturated rings. The first-order chi connectivity index (χ1) is 10.1. The summed E-state index contributed by atoms with van der Waals surface area (Å²) in [7, 11) is 0. The van der Waals surface area contributed by atoms with Gasteiger partial charge in [-0.15, -0.1) is 0 Å². The van der Waals surface area contributed by atoms with Crippen molar-refractivity contribution in [3.63, 3.8) is 0 Å². The van der Waals surface area contributed by atoms with Crippen LogP contribution in [0.2, 0.25) is 13.6 Å². The number of hydrogen-bond donors (Lipinski definition) is 2. The van der Waals surface area contributed by atoms with Crippen molar-refractivity contribution in [2.75, 3.05) is 13.1 Å². The molecule has 0 bridgehead atoms. The lowest BCUT2D eigenvalue weighted by atomic mass is 9.49. The largest absolute Gasteiger partial charge is 0.444 e. The van der Waals surface area contributed by atoms with Crippen molar-refractivity contribution < 1.29 is 14.3 Å². The van der Waals surface area contributed by atoms with Crippen LogP contribution >= 0.6 is 0 Å². The highest BCUT2D eigenvalue weighted by molar-refractivity contribution is 6.57. The number of nitrogens with zero attached hydrogens (tertiary/aromatic N) is 1. The van der Waals surface area contributed by atoms with Crippen molar-refractivity contribution in [2.24, 2.45) is 0 Å². The molecule has 6 nitrogen and oxygen atoms in total. The molecule has 2 N–H and O–H groups in total. The number of carbonyl (C=O) groups is 2. The van der Waals surface area contributed by atoms with Crippen LogP contribution in [0, 0.1) is 0 Å². The van der Waals surface area contributed by atoms with Crippen LogP contribution in [0.1, 0.15) is 40.5 Å². The molecule has 0 saturated carbocycles. The van der Waals surface area contributed by atoms with E-state index in [9.17, 15) is 9.59 Å². The summed E-state index contributed by atoms with van der Waals surface area (Å²) in [5.74, 6) is 0.116. The normalized spacial score (nSPS) is 19.5. The van der Waals surface area contributed by atoms with Gasteiger partial charge < -0.3 is 20.3 Å². The number of amides is 3. The van der Waals surface area contributed by atoms with E-state index in [1.54, 1.807) is 4.90 Å². The molecule has 1 heterocycles. The summed E-state index contributed by atoms with van der Waals surface area (Å²) in [6, 6.07) is -0.174. The van der Waals surface area contributed by atoms with Crippen LogP contribution in [0.25, 0.3) is 0 Å². The Balaban J connectivity index is 2.44. The minimum Gasteiger partial charge on any atom is -0.444 e. The lowest BCUT2D eigenvalue weighted by Gasteiger charge is -2.29. The van der Waals surface area contributed by atoms with E-state index in [0.29, 0.717) is 19.8 Å². The third kappa shape index (κ3) is 6.16. The summed E-state index contributed by atoms with van der Waals surface area (Å²) in [6.07, 6.45) is 1.53.